The normalized spacial score (nSPS) is 16.2. The average Bonchev–Trinajstić information content (AvgIpc) is 3.73. The molecule has 48 heavy (non-hydrogen) atoms. The molecule has 1 heteroatoms. The van der Waals surface area contributed by atoms with Crippen molar-refractivity contribution in [2.45, 2.75) is 45.1 Å². The molecule has 0 spiro atoms. The maximum atomic E-state index is 2.63. The van der Waals surface area contributed by atoms with Crippen LogP contribution < -0.4 is 4.90 Å². The van der Waals surface area contributed by atoms with Gasteiger partial charge in [-0.3, -0.25) is 0 Å². The van der Waals surface area contributed by atoms with Crippen LogP contribution in [0.5, 0.6) is 0 Å². The number of benzene rings is 6. The molecule has 6 aromatic rings. The first-order valence-corrected chi connectivity index (χ1v) is 17.3. The topological polar surface area (TPSA) is 3.24 Å². The Labute approximate surface area is 285 Å². The van der Waals surface area contributed by atoms with Crippen LogP contribution in [0.4, 0.5) is 11.4 Å². The zero-order valence-corrected chi connectivity index (χ0v) is 27.8. The number of fused-ring (bicyclic) bond motifs is 3. The van der Waals surface area contributed by atoms with E-state index in [1.54, 1.807) is 0 Å². The number of aryl methyl sites for hydroxylation is 2. The molecule has 2 aliphatic rings. The van der Waals surface area contributed by atoms with Gasteiger partial charge in [-0.1, -0.05) is 145 Å². The molecule has 0 amide bonds. The van der Waals surface area contributed by atoms with Crippen molar-refractivity contribution in [2.75, 3.05) is 4.90 Å². The van der Waals surface area contributed by atoms with Gasteiger partial charge in [0.2, 0.25) is 0 Å². The Balaban J connectivity index is 1.14. The van der Waals surface area contributed by atoms with Gasteiger partial charge in [-0.05, 0) is 113 Å². The molecule has 8 rings (SSSR count). The minimum Gasteiger partial charge on any atom is -0.338 e. The number of anilines is 2. The lowest BCUT2D eigenvalue weighted by Crippen LogP contribution is -2.26. The molecule has 6 aromatic carbocycles. The van der Waals surface area contributed by atoms with Gasteiger partial charge >= 0.3 is 0 Å². The highest BCUT2D eigenvalue weighted by Gasteiger charge is 2.42. The Bertz CT molecular complexity index is 2000. The van der Waals surface area contributed by atoms with E-state index in [1.807, 2.05) is 0 Å². The third kappa shape index (κ3) is 5.93. The van der Waals surface area contributed by atoms with Crippen LogP contribution in [0.2, 0.25) is 0 Å². The van der Waals surface area contributed by atoms with Crippen molar-refractivity contribution >= 4 is 34.7 Å². The minimum atomic E-state index is 0.513. The van der Waals surface area contributed by atoms with E-state index in [0.717, 1.165) is 0 Å². The molecule has 1 nitrogen and oxygen atoms in total. The fraction of sp³-hybridized carbons (Fsp3) is 0.149. The molecule has 1 saturated carbocycles. The van der Waals surface area contributed by atoms with E-state index in [1.165, 1.54) is 91.9 Å². The summed E-state index contributed by atoms with van der Waals surface area (Å²) in [6.45, 7) is 4.29. The second kappa shape index (κ2) is 13.0. The summed E-state index contributed by atoms with van der Waals surface area (Å²) in [4.78, 5) is 2.63. The van der Waals surface area contributed by atoms with Crippen LogP contribution in [0, 0.1) is 13.8 Å². The van der Waals surface area contributed by atoms with E-state index in [-0.39, 0.29) is 0 Å². The monoisotopic (exact) mass is 619 g/mol. The number of hydrogen-bond donors (Lipinski definition) is 0. The standard InChI is InChI=1S/C47H41N/c1-33-16-23-39(24-17-33)43(40-25-18-34(2)19-26-40)30-35-20-27-41(28-21-35)48-46-15-9-14-42(46)45-32-36(22-29-47(45)48)31-44(37-10-5-3-6-11-37)38-12-7-4-8-13-38/h3-8,10-13,16-32,42,46H,9,14-15H2,1-2H3. The molecule has 2 atom stereocenters. The number of hydrogen-bond acceptors (Lipinski definition) is 1. The van der Waals surface area contributed by atoms with Gasteiger partial charge in [-0.2, -0.15) is 0 Å². The third-order valence-electron chi connectivity index (χ3n) is 10.2. The van der Waals surface area contributed by atoms with E-state index in [9.17, 15) is 0 Å². The van der Waals surface area contributed by atoms with E-state index in [4.69, 9.17) is 0 Å². The molecule has 1 fully saturated rings. The first kappa shape index (κ1) is 30.0. The molecule has 0 N–H and O–H groups in total. The lowest BCUT2D eigenvalue weighted by atomic mass is 9.93. The predicted octanol–water partition coefficient (Wildman–Crippen LogP) is 12.3. The second-order valence-electron chi connectivity index (χ2n) is 13.5. The van der Waals surface area contributed by atoms with E-state index in [0.29, 0.717) is 12.0 Å². The third-order valence-corrected chi connectivity index (χ3v) is 10.2. The summed E-state index contributed by atoms with van der Waals surface area (Å²) in [5.41, 5.74) is 16.7. The minimum absolute atomic E-state index is 0.513. The first-order chi connectivity index (χ1) is 23.6. The van der Waals surface area contributed by atoms with Gasteiger partial charge in [0.05, 0.1) is 0 Å². The van der Waals surface area contributed by atoms with Crippen LogP contribution in [0.3, 0.4) is 0 Å². The van der Waals surface area contributed by atoms with E-state index < -0.39 is 0 Å². The van der Waals surface area contributed by atoms with Crippen molar-refractivity contribution < 1.29 is 0 Å². The molecule has 1 aliphatic heterocycles. The molecule has 234 valence electrons. The Morgan fingerprint density at radius 2 is 1.02 bits per heavy atom. The molecule has 1 aliphatic carbocycles. The van der Waals surface area contributed by atoms with Crippen molar-refractivity contribution in [3.05, 3.63) is 202 Å². The zero-order chi connectivity index (χ0) is 32.5. The van der Waals surface area contributed by atoms with Gasteiger partial charge < -0.3 is 4.90 Å². The summed E-state index contributed by atoms with van der Waals surface area (Å²) in [6.07, 6.45) is 8.48. The molecular formula is C47H41N. The Morgan fingerprint density at radius 3 is 1.58 bits per heavy atom. The lowest BCUT2D eigenvalue weighted by Gasteiger charge is -2.27. The fourth-order valence-electron chi connectivity index (χ4n) is 7.73. The summed E-state index contributed by atoms with van der Waals surface area (Å²) in [6, 6.07) is 56.2. The molecule has 0 saturated heterocycles. The molecule has 0 bridgehead atoms. The Hall–Kier alpha value is -5.40. The summed E-state index contributed by atoms with van der Waals surface area (Å²) in [5, 5.41) is 0. The maximum Gasteiger partial charge on any atom is 0.0450 e. The van der Waals surface area contributed by atoms with Gasteiger partial charge in [0.1, 0.15) is 0 Å². The van der Waals surface area contributed by atoms with Crippen LogP contribution in [0.25, 0.3) is 23.3 Å². The van der Waals surface area contributed by atoms with Crippen LogP contribution >= 0.6 is 0 Å². The average molecular weight is 620 g/mol. The zero-order valence-electron chi connectivity index (χ0n) is 27.8. The summed E-state index contributed by atoms with van der Waals surface area (Å²) in [5.74, 6) is 0.569. The summed E-state index contributed by atoms with van der Waals surface area (Å²) < 4.78 is 0. The van der Waals surface area contributed by atoms with E-state index >= 15 is 0 Å². The van der Waals surface area contributed by atoms with Crippen molar-refractivity contribution in [3.63, 3.8) is 0 Å². The number of rotatable bonds is 7. The highest BCUT2D eigenvalue weighted by atomic mass is 15.2. The fourth-order valence-corrected chi connectivity index (χ4v) is 7.73. The summed E-state index contributed by atoms with van der Waals surface area (Å²) >= 11 is 0. The van der Waals surface area contributed by atoms with Crippen molar-refractivity contribution in [1.82, 2.24) is 0 Å². The highest BCUT2D eigenvalue weighted by molar-refractivity contribution is 5.93. The first-order valence-electron chi connectivity index (χ1n) is 17.3. The summed E-state index contributed by atoms with van der Waals surface area (Å²) in [7, 11) is 0. The lowest BCUT2D eigenvalue weighted by molar-refractivity contribution is 0.642. The highest BCUT2D eigenvalue weighted by Crippen LogP contribution is 2.52. The van der Waals surface area contributed by atoms with Crippen LogP contribution in [0.15, 0.2) is 152 Å². The van der Waals surface area contributed by atoms with Crippen molar-refractivity contribution in [2.24, 2.45) is 0 Å². The van der Waals surface area contributed by atoms with Crippen molar-refractivity contribution in [1.29, 1.82) is 0 Å². The van der Waals surface area contributed by atoms with Gasteiger partial charge in [0, 0.05) is 23.3 Å². The molecule has 0 radical (unpaired) electrons. The Morgan fingerprint density at radius 1 is 0.521 bits per heavy atom. The molecular weight excluding hydrogens is 579 g/mol. The molecule has 1 heterocycles. The Kier molecular flexibility index (Phi) is 8.12. The molecule has 0 aromatic heterocycles. The van der Waals surface area contributed by atoms with Gasteiger partial charge in [-0.15, -0.1) is 0 Å². The second-order valence-corrected chi connectivity index (χ2v) is 13.5. The largest absolute Gasteiger partial charge is 0.338 e. The quantitative estimate of drug-likeness (QED) is 0.161. The predicted molar refractivity (Wildman–Crippen MR) is 205 cm³/mol. The number of nitrogens with zero attached hydrogens (tertiary/aromatic N) is 1. The smallest absolute Gasteiger partial charge is 0.0450 e. The van der Waals surface area contributed by atoms with Crippen molar-refractivity contribution in [3.8, 4) is 0 Å². The van der Waals surface area contributed by atoms with Gasteiger partial charge in [0.25, 0.3) is 0 Å². The van der Waals surface area contributed by atoms with Crippen LogP contribution in [0.1, 0.15) is 75.3 Å². The molecule has 2 unspecified atom stereocenters. The van der Waals surface area contributed by atoms with Gasteiger partial charge in [-0.25, -0.2) is 0 Å². The van der Waals surface area contributed by atoms with E-state index in [2.05, 4.69) is 183 Å². The SMILES string of the molecule is Cc1ccc(C(=Cc2ccc(N3c4ccc(C=C(c5ccccc5)c5ccccc5)cc4C4CCCC43)cc2)c2ccc(C)cc2)cc1. The van der Waals surface area contributed by atoms with Gasteiger partial charge in [0.15, 0.2) is 0 Å². The van der Waals surface area contributed by atoms with Crippen LogP contribution in [-0.4, -0.2) is 6.04 Å². The van der Waals surface area contributed by atoms with Crippen LogP contribution in [-0.2, 0) is 0 Å². The maximum absolute atomic E-state index is 2.63.